The van der Waals surface area contributed by atoms with Gasteiger partial charge in [-0.15, -0.1) is 0 Å². The molecule has 2 aromatic rings. The highest BCUT2D eigenvalue weighted by molar-refractivity contribution is 9.10. The minimum atomic E-state index is -0.0624. The van der Waals surface area contributed by atoms with Crippen LogP contribution in [0.3, 0.4) is 0 Å². The van der Waals surface area contributed by atoms with E-state index in [-0.39, 0.29) is 6.04 Å². The van der Waals surface area contributed by atoms with E-state index in [0.717, 1.165) is 17.3 Å². The number of hydrogen-bond donors (Lipinski definition) is 1. The van der Waals surface area contributed by atoms with Gasteiger partial charge in [-0.1, -0.05) is 54.0 Å². The summed E-state index contributed by atoms with van der Waals surface area (Å²) in [5.41, 5.74) is 12.9. The summed E-state index contributed by atoms with van der Waals surface area (Å²) in [6.45, 7) is 6.47. The third-order valence-electron chi connectivity index (χ3n) is 3.76. The summed E-state index contributed by atoms with van der Waals surface area (Å²) in [6.07, 6.45) is 2.06. The molecule has 0 radical (unpaired) electrons. The Morgan fingerprint density at radius 1 is 1.05 bits per heavy atom. The number of rotatable bonds is 4. The molecule has 0 aliphatic heterocycles. The Labute approximate surface area is 130 Å². The topological polar surface area (TPSA) is 26.0 Å². The van der Waals surface area contributed by atoms with Crippen LogP contribution in [-0.4, -0.2) is 0 Å². The summed E-state index contributed by atoms with van der Waals surface area (Å²) in [5.74, 6) is 0. The van der Waals surface area contributed by atoms with Gasteiger partial charge in [-0.3, -0.25) is 0 Å². The standard InChI is InChI=1S/C18H22BrN/c1-4-13-6-7-14(5-2)17(10-13)18(20)15-8-12(3)9-16(19)11-15/h6-11,18H,4-5,20H2,1-3H3. The molecule has 0 saturated heterocycles. The smallest absolute Gasteiger partial charge is 0.0554 e. The van der Waals surface area contributed by atoms with Crippen molar-refractivity contribution in [2.24, 2.45) is 5.73 Å². The van der Waals surface area contributed by atoms with E-state index in [4.69, 9.17) is 5.73 Å². The first-order chi connectivity index (χ1) is 9.55. The van der Waals surface area contributed by atoms with Crippen molar-refractivity contribution in [2.75, 3.05) is 0 Å². The van der Waals surface area contributed by atoms with E-state index in [9.17, 15) is 0 Å². The lowest BCUT2D eigenvalue weighted by Gasteiger charge is -2.18. The maximum Gasteiger partial charge on any atom is 0.0554 e. The zero-order valence-electron chi connectivity index (χ0n) is 12.4. The SMILES string of the molecule is CCc1ccc(CC)c(C(N)c2cc(C)cc(Br)c2)c1. The van der Waals surface area contributed by atoms with Crippen molar-refractivity contribution in [1.82, 2.24) is 0 Å². The highest BCUT2D eigenvalue weighted by atomic mass is 79.9. The minimum absolute atomic E-state index is 0.0624. The van der Waals surface area contributed by atoms with Crippen molar-refractivity contribution in [1.29, 1.82) is 0 Å². The summed E-state index contributed by atoms with van der Waals surface area (Å²) in [4.78, 5) is 0. The van der Waals surface area contributed by atoms with Crippen molar-refractivity contribution >= 4 is 15.9 Å². The first-order valence-electron chi connectivity index (χ1n) is 7.19. The van der Waals surface area contributed by atoms with Crippen LogP contribution in [0.1, 0.15) is 47.7 Å². The van der Waals surface area contributed by atoms with Crippen LogP contribution < -0.4 is 5.73 Å². The molecule has 1 unspecified atom stereocenters. The molecule has 0 saturated carbocycles. The molecule has 0 bridgehead atoms. The van der Waals surface area contributed by atoms with Crippen molar-refractivity contribution in [3.05, 3.63) is 68.7 Å². The van der Waals surface area contributed by atoms with E-state index >= 15 is 0 Å². The highest BCUT2D eigenvalue weighted by Gasteiger charge is 2.14. The Hall–Kier alpha value is -1.12. The maximum absolute atomic E-state index is 6.53. The molecule has 0 amide bonds. The fourth-order valence-corrected chi connectivity index (χ4v) is 3.22. The summed E-state index contributed by atoms with van der Waals surface area (Å²) in [7, 11) is 0. The maximum atomic E-state index is 6.53. The molecule has 1 nitrogen and oxygen atoms in total. The monoisotopic (exact) mass is 331 g/mol. The Morgan fingerprint density at radius 2 is 1.80 bits per heavy atom. The van der Waals surface area contributed by atoms with Gasteiger partial charge in [-0.25, -0.2) is 0 Å². The second kappa shape index (κ2) is 6.55. The van der Waals surface area contributed by atoms with Gasteiger partial charge in [0, 0.05) is 4.47 Å². The number of halogens is 1. The van der Waals surface area contributed by atoms with Gasteiger partial charge in [0.05, 0.1) is 6.04 Å². The molecule has 0 fully saturated rings. The quantitative estimate of drug-likeness (QED) is 0.844. The van der Waals surface area contributed by atoms with Crippen LogP contribution >= 0.6 is 15.9 Å². The molecule has 0 aromatic heterocycles. The lowest BCUT2D eigenvalue weighted by molar-refractivity contribution is 0.843. The molecule has 0 aliphatic rings. The molecule has 2 rings (SSSR count). The van der Waals surface area contributed by atoms with Gasteiger partial charge < -0.3 is 5.73 Å². The molecule has 1 atom stereocenters. The molecular weight excluding hydrogens is 310 g/mol. The molecule has 2 heteroatoms. The Bertz CT molecular complexity index is 584. The van der Waals surface area contributed by atoms with Crippen molar-refractivity contribution in [3.63, 3.8) is 0 Å². The van der Waals surface area contributed by atoms with Gasteiger partial charge in [0.2, 0.25) is 0 Å². The van der Waals surface area contributed by atoms with Crippen molar-refractivity contribution < 1.29 is 0 Å². The Balaban J connectivity index is 2.48. The Morgan fingerprint density at radius 3 is 2.40 bits per heavy atom. The van der Waals surface area contributed by atoms with Gasteiger partial charge >= 0.3 is 0 Å². The number of nitrogens with two attached hydrogens (primary N) is 1. The fraction of sp³-hybridized carbons (Fsp3) is 0.333. The molecule has 0 aliphatic carbocycles. The van der Waals surface area contributed by atoms with Crippen LogP contribution in [0.2, 0.25) is 0 Å². The van der Waals surface area contributed by atoms with Gasteiger partial charge in [-0.2, -0.15) is 0 Å². The van der Waals surface area contributed by atoms with Crippen LogP contribution in [0.4, 0.5) is 0 Å². The molecule has 106 valence electrons. The zero-order chi connectivity index (χ0) is 14.7. The summed E-state index contributed by atoms with van der Waals surface area (Å²) >= 11 is 3.56. The Kier molecular flexibility index (Phi) is 5.00. The van der Waals surface area contributed by atoms with Crippen molar-refractivity contribution in [3.8, 4) is 0 Å². The van der Waals surface area contributed by atoms with Gasteiger partial charge in [0.25, 0.3) is 0 Å². The van der Waals surface area contributed by atoms with Crippen LogP contribution in [0, 0.1) is 6.92 Å². The minimum Gasteiger partial charge on any atom is -0.320 e. The van der Waals surface area contributed by atoms with Gasteiger partial charge in [-0.05, 0) is 59.7 Å². The second-order valence-electron chi connectivity index (χ2n) is 5.28. The third kappa shape index (κ3) is 3.31. The van der Waals surface area contributed by atoms with E-state index in [2.05, 4.69) is 73.1 Å². The predicted molar refractivity (Wildman–Crippen MR) is 90.1 cm³/mol. The van der Waals surface area contributed by atoms with Gasteiger partial charge in [0.1, 0.15) is 0 Å². The number of benzene rings is 2. The highest BCUT2D eigenvalue weighted by Crippen LogP contribution is 2.27. The molecule has 2 N–H and O–H groups in total. The molecule has 2 aromatic carbocycles. The van der Waals surface area contributed by atoms with Crippen LogP contribution in [0.5, 0.6) is 0 Å². The number of aryl methyl sites for hydroxylation is 3. The molecular formula is C18H22BrN. The zero-order valence-corrected chi connectivity index (χ0v) is 14.0. The average molecular weight is 332 g/mol. The van der Waals surface area contributed by atoms with Gasteiger partial charge in [0.15, 0.2) is 0 Å². The van der Waals surface area contributed by atoms with E-state index < -0.39 is 0 Å². The molecule has 0 heterocycles. The lowest BCUT2D eigenvalue weighted by Crippen LogP contribution is -2.14. The third-order valence-corrected chi connectivity index (χ3v) is 4.22. The van der Waals surface area contributed by atoms with Crippen LogP contribution in [0.15, 0.2) is 40.9 Å². The summed E-state index contributed by atoms with van der Waals surface area (Å²) in [5, 5.41) is 0. The summed E-state index contributed by atoms with van der Waals surface area (Å²) in [6, 6.07) is 13.0. The first kappa shape index (κ1) is 15.3. The molecule has 20 heavy (non-hydrogen) atoms. The van der Waals surface area contributed by atoms with Crippen molar-refractivity contribution in [2.45, 2.75) is 39.7 Å². The van der Waals surface area contributed by atoms with E-state index in [1.807, 2.05) is 0 Å². The van der Waals surface area contributed by atoms with Crippen LogP contribution in [-0.2, 0) is 12.8 Å². The second-order valence-corrected chi connectivity index (χ2v) is 6.20. The van der Waals surface area contributed by atoms with Crippen LogP contribution in [0.25, 0.3) is 0 Å². The largest absolute Gasteiger partial charge is 0.320 e. The number of hydrogen-bond acceptors (Lipinski definition) is 1. The normalized spacial score (nSPS) is 12.4. The average Bonchev–Trinajstić information content (AvgIpc) is 2.44. The van der Waals surface area contributed by atoms with E-state index in [1.54, 1.807) is 0 Å². The lowest BCUT2D eigenvalue weighted by atomic mass is 9.91. The van der Waals surface area contributed by atoms with E-state index in [1.165, 1.54) is 27.8 Å². The summed E-state index contributed by atoms with van der Waals surface area (Å²) < 4.78 is 1.09. The predicted octanol–water partition coefficient (Wildman–Crippen LogP) is 4.93. The molecule has 0 spiro atoms. The first-order valence-corrected chi connectivity index (χ1v) is 7.98. The van der Waals surface area contributed by atoms with E-state index in [0.29, 0.717) is 0 Å². The fourth-order valence-electron chi connectivity index (χ4n) is 2.60.